The van der Waals surface area contributed by atoms with E-state index in [1.807, 2.05) is 7.11 Å². The van der Waals surface area contributed by atoms with E-state index in [2.05, 4.69) is 24.2 Å². The second kappa shape index (κ2) is 5.68. The van der Waals surface area contributed by atoms with E-state index in [-0.39, 0.29) is 0 Å². The standard InChI is InChI=1S/C14H28N2O/c1-14(10-15-2)7-8-16(11-14)12-5-4-6-13(9-12)17-3/h12-13,15H,4-11H2,1-3H3. The summed E-state index contributed by atoms with van der Waals surface area (Å²) in [6, 6.07) is 0.771. The summed E-state index contributed by atoms with van der Waals surface area (Å²) in [6.07, 6.45) is 7.05. The molecule has 0 aromatic rings. The molecule has 3 heteroatoms. The molecule has 1 saturated heterocycles. The van der Waals surface area contributed by atoms with Gasteiger partial charge in [-0.15, -0.1) is 0 Å². The Balaban J connectivity index is 1.87. The number of likely N-dealkylation sites (tertiary alicyclic amines) is 1. The number of rotatable bonds is 4. The lowest BCUT2D eigenvalue weighted by Crippen LogP contribution is -2.41. The van der Waals surface area contributed by atoms with Gasteiger partial charge in [0.15, 0.2) is 0 Å². The second-order valence-corrected chi connectivity index (χ2v) is 6.24. The largest absolute Gasteiger partial charge is 0.381 e. The van der Waals surface area contributed by atoms with E-state index < -0.39 is 0 Å². The van der Waals surface area contributed by atoms with Gasteiger partial charge in [0.05, 0.1) is 6.10 Å². The van der Waals surface area contributed by atoms with E-state index in [4.69, 9.17) is 4.74 Å². The molecule has 2 rings (SSSR count). The Kier molecular flexibility index (Phi) is 4.45. The predicted molar refractivity (Wildman–Crippen MR) is 71.3 cm³/mol. The monoisotopic (exact) mass is 240 g/mol. The lowest BCUT2D eigenvalue weighted by molar-refractivity contribution is 0.0315. The van der Waals surface area contributed by atoms with Crippen LogP contribution >= 0.6 is 0 Å². The molecule has 0 amide bonds. The molecule has 3 atom stereocenters. The van der Waals surface area contributed by atoms with Gasteiger partial charge in [0, 0.05) is 26.2 Å². The van der Waals surface area contributed by atoms with Crippen molar-refractivity contribution in [3.63, 3.8) is 0 Å². The fourth-order valence-electron chi connectivity index (χ4n) is 3.61. The van der Waals surface area contributed by atoms with Crippen LogP contribution in [-0.2, 0) is 4.74 Å². The van der Waals surface area contributed by atoms with Gasteiger partial charge < -0.3 is 10.1 Å². The Bertz CT molecular complexity index is 246. The zero-order chi connectivity index (χ0) is 12.3. The average molecular weight is 240 g/mol. The summed E-state index contributed by atoms with van der Waals surface area (Å²) in [4.78, 5) is 2.71. The van der Waals surface area contributed by atoms with Crippen LogP contribution in [0.1, 0.15) is 39.0 Å². The van der Waals surface area contributed by atoms with E-state index >= 15 is 0 Å². The van der Waals surface area contributed by atoms with Crippen molar-refractivity contribution in [3.05, 3.63) is 0 Å². The minimum absolute atomic E-state index is 0.481. The Labute approximate surface area is 106 Å². The summed E-state index contributed by atoms with van der Waals surface area (Å²) in [7, 11) is 3.93. The first-order valence-corrected chi connectivity index (χ1v) is 7.08. The van der Waals surface area contributed by atoms with Crippen LogP contribution in [0.25, 0.3) is 0 Å². The van der Waals surface area contributed by atoms with E-state index in [0.717, 1.165) is 12.6 Å². The Morgan fingerprint density at radius 3 is 2.94 bits per heavy atom. The van der Waals surface area contributed by atoms with Crippen LogP contribution in [0.5, 0.6) is 0 Å². The van der Waals surface area contributed by atoms with Crippen molar-refractivity contribution in [1.29, 1.82) is 0 Å². The summed E-state index contributed by atoms with van der Waals surface area (Å²) in [5, 5.41) is 3.34. The van der Waals surface area contributed by atoms with Gasteiger partial charge in [0.2, 0.25) is 0 Å². The SMILES string of the molecule is CNCC1(C)CCN(C2CCCC(OC)C2)C1. The maximum absolute atomic E-state index is 5.54. The third-order valence-corrected chi connectivity index (χ3v) is 4.64. The number of hydrogen-bond acceptors (Lipinski definition) is 3. The second-order valence-electron chi connectivity index (χ2n) is 6.24. The molecule has 3 unspecified atom stereocenters. The third-order valence-electron chi connectivity index (χ3n) is 4.64. The Hall–Kier alpha value is -0.120. The topological polar surface area (TPSA) is 24.5 Å². The van der Waals surface area contributed by atoms with Crippen molar-refractivity contribution in [2.75, 3.05) is 33.8 Å². The number of hydrogen-bond donors (Lipinski definition) is 1. The molecular formula is C14H28N2O. The van der Waals surface area contributed by atoms with Gasteiger partial charge in [-0.25, -0.2) is 0 Å². The third kappa shape index (κ3) is 3.21. The molecule has 1 saturated carbocycles. The van der Waals surface area contributed by atoms with Gasteiger partial charge in [-0.3, -0.25) is 4.90 Å². The van der Waals surface area contributed by atoms with Gasteiger partial charge >= 0.3 is 0 Å². The normalized spacial score (nSPS) is 39.7. The van der Waals surface area contributed by atoms with Crippen LogP contribution in [0, 0.1) is 5.41 Å². The fourth-order valence-corrected chi connectivity index (χ4v) is 3.61. The molecule has 1 heterocycles. The zero-order valence-corrected chi connectivity index (χ0v) is 11.7. The predicted octanol–water partition coefficient (Wildman–Crippen LogP) is 1.88. The minimum Gasteiger partial charge on any atom is -0.381 e. The van der Waals surface area contributed by atoms with Gasteiger partial charge in [0.1, 0.15) is 0 Å². The zero-order valence-electron chi connectivity index (χ0n) is 11.7. The molecule has 2 fully saturated rings. The van der Waals surface area contributed by atoms with Crippen molar-refractivity contribution < 1.29 is 4.74 Å². The molecule has 17 heavy (non-hydrogen) atoms. The molecule has 2 aliphatic rings. The smallest absolute Gasteiger partial charge is 0.0586 e. The van der Waals surface area contributed by atoms with Gasteiger partial charge in [0.25, 0.3) is 0 Å². The van der Waals surface area contributed by atoms with E-state index in [1.165, 1.54) is 45.2 Å². The first-order valence-electron chi connectivity index (χ1n) is 7.08. The molecular weight excluding hydrogens is 212 g/mol. The van der Waals surface area contributed by atoms with E-state index in [0.29, 0.717) is 11.5 Å². The molecule has 0 aromatic heterocycles. The maximum Gasteiger partial charge on any atom is 0.0586 e. The highest BCUT2D eigenvalue weighted by Crippen LogP contribution is 2.34. The Morgan fingerprint density at radius 2 is 2.24 bits per heavy atom. The lowest BCUT2D eigenvalue weighted by Gasteiger charge is -2.35. The maximum atomic E-state index is 5.54. The summed E-state index contributed by atoms with van der Waals surface area (Å²) in [5.74, 6) is 0. The number of ether oxygens (including phenoxy) is 1. The summed E-state index contributed by atoms with van der Waals surface area (Å²) in [6.45, 7) is 6.10. The quantitative estimate of drug-likeness (QED) is 0.812. The molecule has 100 valence electrons. The van der Waals surface area contributed by atoms with Crippen LogP contribution in [0.2, 0.25) is 0 Å². The molecule has 0 radical (unpaired) electrons. The Morgan fingerprint density at radius 1 is 1.41 bits per heavy atom. The molecule has 0 bridgehead atoms. The van der Waals surface area contributed by atoms with Crippen LogP contribution in [0.15, 0.2) is 0 Å². The van der Waals surface area contributed by atoms with Crippen LogP contribution < -0.4 is 5.32 Å². The highest BCUT2D eigenvalue weighted by molar-refractivity contribution is 4.92. The first kappa shape index (κ1) is 13.3. The molecule has 1 N–H and O–H groups in total. The molecule has 3 nitrogen and oxygen atoms in total. The molecule has 1 aliphatic carbocycles. The summed E-state index contributed by atoms with van der Waals surface area (Å²) < 4.78 is 5.54. The van der Waals surface area contributed by atoms with Gasteiger partial charge in [-0.05, 0) is 51.1 Å². The molecule has 0 aromatic carbocycles. The molecule has 1 aliphatic heterocycles. The van der Waals surface area contributed by atoms with E-state index in [1.54, 1.807) is 0 Å². The lowest BCUT2D eigenvalue weighted by atomic mass is 9.89. The minimum atomic E-state index is 0.481. The van der Waals surface area contributed by atoms with Gasteiger partial charge in [-0.1, -0.05) is 6.92 Å². The van der Waals surface area contributed by atoms with Crippen LogP contribution in [0.4, 0.5) is 0 Å². The van der Waals surface area contributed by atoms with E-state index in [9.17, 15) is 0 Å². The fraction of sp³-hybridized carbons (Fsp3) is 1.00. The summed E-state index contributed by atoms with van der Waals surface area (Å²) >= 11 is 0. The van der Waals surface area contributed by atoms with Crippen molar-refractivity contribution in [1.82, 2.24) is 10.2 Å². The van der Waals surface area contributed by atoms with Crippen LogP contribution in [-0.4, -0.2) is 50.8 Å². The number of nitrogens with one attached hydrogen (secondary N) is 1. The average Bonchev–Trinajstić information content (AvgIpc) is 2.72. The molecule has 0 spiro atoms. The van der Waals surface area contributed by atoms with Crippen LogP contribution in [0.3, 0.4) is 0 Å². The van der Waals surface area contributed by atoms with Crippen molar-refractivity contribution in [2.45, 2.75) is 51.2 Å². The van der Waals surface area contributed by atoms with Crippen molar-refractivity contribution >= 4 is 0 Å². The van der Waals surface area contributed by atoms with Crippen molar-refractivity contribution in [3.8, 4) is 0 Å². The van der Waals surface area contributed by atoms with Gasteiger partial charge in [-0.2, -0.15) is 0 Å². The summed E-state index contributed by atoms with van der Waals surface area (Å²) in [5.41, 5.74) is 0.481. The van der Waals surface area contributed by atoms with Crippen molar-refractivity contribution in [2.24, 2.45) is 5.41 Å². The highest BCUT2D eigenvalue weighted by atomic mass is 16.5. The first-order chi connectivity index (χ1) is 8.17. The number of methoxy groups -OCH3 is 1. The number of nitrogens with zero attached hydrogens (tertiary/aromatic N) is 1. The highest BCUT2D eigenvalue weighted by Gasteiger charge is 2.37.